The molecule has 3 N–H and O–H groups in total. The van der Waals surface area contributed by atoms with Crippen LogP contribution in [0, 0.1) is 0 Å². The standard InChI is InChI=1S/C14H21ClN2O2/c1-2-12(8-10-18)17-14(19)16-9-7-11-5-3-4-6-13(11)15/h3-6,12,18H,2,7-10H2,1H3,(H2,16,17,19). The summed E-state index contributed by atoms with van der Waals surface area (Å²) in [5.74, 6) is 0. The van der Waals surface area contributed by atoms with Gasteiger partial charge in [0.05, 0.1) is 0 Å². The zero-order chi connectivity index (χ0) is 14.1. The Morgan fingerprint density at radius 1 is 1.42 bits per heavy atom. The number of hydrogen-bond donors (Lipinski definition) is 3. The SMILES string of the molecule is CCC(CCO)NC(=O)NCCc1ccccc1Cl. The summed E-state index contributed by atoms with van der Waals surface area (Å²) >= 11 is 6.03. The molecule has 1 aromatic carbocycles. The Balaban J connectivity index is 2.29. The zero-order valence-corrected chi connectivity index (χ0v) is 11.9. The van der Waals surface area contributed by atoms with E-state index in [0.717, 1.165) is 17.0 Å². The molecule has 0 saturated heterocycles. The molecule has 106 valence electrons. The molecule has 0 bridgehead atoms. The van der Waals surface area contributed by atoms with Crippen LogP contribution in [0.25, 0.3) is 0 Å². The van der Waals surface area contributed by atoms with E-state index in [4.69, 9.17) is 16.7 Å². The van der Waals surface area contributed by atoms with Gasteiger partial charge in [0, 0.05) is 24.2 Å². The summed E-state index contributed by atoms with van der Waals surface area (Å²) in [5, 5.41) is 15.2. The van der Waals surface area contributed by atoms with Gasteiger partial charge in [0.2, 0.25) is 0 Å². The van der Waals surface area contributed by atoms with Crippen LogP contribution in [-0.2, 0) is 6.42 Å². The van der Waals surface area contributed by atoms with E-state index in [2.05, 4.69) is 10.6 Å². The van der Waals surface area contributed by atoms with Gasteiger partial charge in [0.25, 0.3) is 0 Å². The molecule has 1 atom stereocenters. The highest BCUT2D eigenvalue weighted by molar-refractivity contribution is 6.31. The van der Waals surface area contributed by atoms with Gasteiger partial charge in [-0.25, -0.2) is 4.79 Å². The molecule has 0 aromatic heterocycles. The topological polar surface area (TPSA) is 61.4 Å². The second-order valence-electron chi connectivity index (χ2n) is 4.36. The average molecular weight is 285 g/mol. The predicted molar refractivity (Wildman–Crippen MR) is 77.5 cm³/mol. The molecule has 19 heavy (non-hydrogen) atoms. The van der Waals surface area contributed by atoms with Crippen molar-refractivity contribution in [3.63, 3.8) is 0 Å². The van der Waals surface area contributed by atoms with E-state index >= 15 is 0 Å². The summed E-state index contributed by atoms with van der Waals surface area (Å²) in [5.41, 5.74) is 1.02. The molecule has 0 fully saturated rings. The largest absolute Gasteiger partial charge is 0.396 e. The van der Waals surface area contributed by atoms with E-state index in [0.29, 0.717) is 19.4 Å². The summed E-state index contributed by atoms with van der Waals surface area (Å²) in [7, 11) is 0. The quantitative estimate of drug-likeness (QED) is 0.720. The maximum Gasteiger partial charge on any atom is 0.315 e. The molecule has 4 nitrogen and oxygen atoms in total. The highest BCUT2D eigenvalue weighted by Crippen LogP contribution is 2.14. The molecule has 1 aromatic rings. The fraction of sp³-hybridized carbons (Fsp3) is 0.500. The van der Waals surface area contributed by atoms with E-state index in [9.17, 15) is 4.79 Å². The first kappa shape index (κ1) is 15.8. The molecule has 2 amide bonds. The van der Waals surface area contributed by atoms with Gasteiger partial charge in [-0.15, -0.1) is 0 Å². The van der Waals surface area contributed by atoms with Crippen LogP contribution < -0.4 is 10.6 Å². The number of nitrogens with one attached hydrogen (secondary N) is 2. The van der Waals surface area contributed by atoms with Gasteiger partial charge in [0.15, 0.2) is 0 Å². The predicted octanol–water partition coefficient (Wildman–Crippen LogP) is 2.34. The Labute approximate surface area is 119 Å². The van der Waals surface area contributed by atoms with Crippen LogP contribution in [0.15, 0.2) is 24.3 Å². The number of carbonyl (C=O) groups is 1. The number of amides is 2. The van der Waals surface area contributed by atoms with Crippen molar-refractivity contribution in [1.29, 1.82) is 0 Å². The number of urea groups is 1. The summed E-state index contributed by atoms with van der Waals surface area (Å²) in [6.45, 7) is 2.59. The molecule has 0 saturated carbocycles. The van der Waals surface area contributed by atoms with Gasteiger partial charge in [-0.05, 0) is 30.9 Å². The molecule has 1 unspecified atom stereocenters. The first-order valence-electron chi connectivity index (χ1n) is 6.56. The molecule has 0 aliphatic carbocycles. The number of aliphatic hydroxyl groups is 1. The van der Waals surface area contributed by atoms with E-state index in [1.807, 2.05) is 31.2 Å². The van der Waals surface area contributed by atoms with Crippen LogP contribution in [0.2, 0.25) is 5.02 Å². The second-order valence-corrected chi connectivity index (χ2v) is 4.77. The molecular formula is C14H21ClN2O2. The molecule has 0 radical (unpaired) electrons. The highest BCUT2D eigenvalue weighted by atomic mass is 35.5. The maximum absolute atomic E-state index is 11.6. The smallest absolute Gasteiger partial charge is 0.315 e. The summed E-state index contributed by atoms with van der Waals surface area (Å²) in [6.07, 6.45) is 2.08. The first-order valence-corrected chi connectivity index (χ1v) is 6.93. The van der Waals surface area contributed by atoms with E-state index in [1.165, 1.54) is 0 Å². The van der Waals surface area contributed by atoms with E-state index in [1.54, 1.807) is 0 Å². The lowest BCUT2D eigenvalue weighted by Crippen LogP contribution is -2.42. The number of carbonyl (C=O) groups excluding carboxylic acids is 1. The Morgan fingerprint density at radius 2 is 2.16 bits per heavy atom. The lowest BCUT2D eigenvalue weighted by molar-refractivity contribution is 0.228. The molecule has 0 spiro atoms. The van der Waals surface area contributed by atoms with Crippen LogP contribution >= 0.6 is 11.6 Å². The van der Waals surface area contributed by atoms with Crippen molar-refractivity contribution >= 4 is 17.6 Å². The van der Waals surface area contributed by atoms with Crippen molar-refractivity contribution in [2.24, 2.45) is 0 Å². The Kier molecular flexibility index (Phi) is 7.30. The van der Waals surface area contributed by atoms with Crippen molar-refractivity contribution in [1.82, 2.24) is 10.6 Å². The fourth-order valence-corrected chi connectivity index (χ4v) is 2.01. The van der Waals surface area contributed by atoms with Crippen molar-refractivity contribution in [2.45, 2.75) is 32.2 Å². The monoisotopic (exact) mass is 284 g/mol. The number of rotatable bonds is 7. The minimum absolute atomic E-state index is 0.0188. The lowest BCUT2D eigenvalue weighted by atomic mass is 10.1. The second kappa shape index (κ2) is 8.77. The zero-order valence-electron chi connectivity index (χ0n) is 11.2. The van der Waals surface area contributed by atoms with Crippen LogP contribution in [0.3, 0.4) is 0 Å². The Morgan fingerprint density at radius 3 is 2.79 bits per heavy atom. The lowest BCUT2D eigenvalue weighted by Gasteiger charge is -2.16. The van der Waals surface area contributed by atoms with Crippen LogP contribution in [0.5, 0.6) is 0 Å². The number of benzene rings is 1. The van der Waals surface area contributed by atoms with Crippen molar-refractivity contribution in [3.8, 4) is 0 Å². The van der Waals surface area contributed by atoms with E-state index < -0.39 is 0 Å². The van der Waals surface area contributed by atoms with Crippen molar-refractivity contribution in [3.05, 3.63) is 34.9 Å². The van der Waals surface area contributed by atoms with Crippen LogP contribution in [0.1, 0.15) is 25.3 Å². The third kappa shape index (κ3) is 5.94. The van der Waals surface area contributed by atoms with Crippen molar-refractivity contribution in [2.75, 3.05) is 13.2 Å². The summed E-state index contributed by atoms with van der Waals surface area (Å²) in [6, 6.07) is 7.41. The number of aliphatic hydroxyl groups excluding tert-OH is 1. The van der Waals surface area contributed by atoms with Gasteiger partial charge in [-0.1, -0.05) is 36.7 Å². The molecule has 0 aliphatic heterocycles. The molecule has 5 heteroatoms. The van der Waals surface area contributed by atoms with Gasteiger partial charge in [0.1, 0.15) is 0 Å². The van der Waals surface area contributed by atoms with Crippen LogP contribution in [0.4, 0.5) is 4.79 Å². The molecule has 0 heterocycles. The third-order valence-electron chi connectivity index (χ3n) is 2.94. The first-order chi connectivity index (χ1) is 9.17. The Bertz CT molecular complexity index is 399. The van der Waals surface area contributed by atoms with Crippen molar-refractivity contribution < 1.29 is 9.90 Å². The molecular weight excluding hydrogens is 264 g/mol. The normalized spacial score (nSPS) is 11.9. The van der Waals surface area contributed by atoms with Gasteiger partial charge in [-0.2, -0.15) is 0 Å². The Hall–Kier alpha value is -1.26. The van der Waals surface area contributed by atoms with Crippen LogP contribution in [-0.4, -0.2) is 30.3 Å². The maximum atomic E-state index is 11.6. The fourth-order valence-electron chi connectivity index (χ4n) is 1.78. The summed E-state index contributed by atoms with van der Waals surface area (Å²) in [4.78, 5) is 11.6. The minimum Gasteiger partial charge on any atom is -0.396 e. The number of halogens is 1. The average Bonchev–Trinajstić information content (AvgIpc) is 2.40. The minimum atomic E-state index is -0.202. The molecule has 0 aliphatic rings. The molecule has 1 rings (SSSR count). The number of hydrogen-bond acceptors (Lipinski definition) is 2. The third-order valence-corrected chi connectivity index (χ3v) is 3.31. The summed E-state index contributed by atoms with van der Waals surface area (Å²) < 4.78 is 0. The van der Waals surface area contributed by atoms with E-state index in [-0.39, 0.29) is 18.7 Å². The van der Waals surface area contributed by atoms with Gasteiger partial charge in [-0.3, -0.25) is 0 Å². The highest BCUT2D eigenvalue weighted by Gasteiger charge is 2.09. The van der Waals surface area contributed by atoms with Gasteiger partial charge < -0.3 is 15.7 Å². The van der Waals surface area contributed by atoms with Gasteiger partial charge >= 0.3 is 6.03 Å².